The normalized spacial score (nSPS) is 13.9. The first-order chi connectivity index (χ1) is 19.4. The first kappa shape index (κ1) is 34.0. The number of carbonyl (C=O) groups is 3. The fourth-order valence-corrected chi connectivity index (χ4v) is 5.41. The molecular formula is C34H50N2O5. The van der Waals surface area contributed by atoms with Gasteiger partial charge in [-0.25, -0.2) is 4.79 Å². The molecule has 0 aromatic heterocycles. The van der Waals surface area contributed by atoms with Crippen LogP contribution in [0.3, 0.4) is 0 Å². The number of amides is 1. The standard InChI is InChI=1S/C34H50N2O5/c1-23(2)20-29(35(21-27-16-12-10-13-17-27)22-28-18-14-11-15-19-28)32(31(37)30(24(3)4)33(38)40-9)41-34(39)36(25(5)6)26(7)8/h10-19,23-26,29-30,32H,20-22H2,1-9H3/t29-,30-,32-/m0/s1. The number of benzene rings is 2. The Morgan fingerprint density at radius 3 is 1.56 bits per heavy atom. The van der Waals surface area contributed by atoms with Crippen molar-refractivity contribution in [2.45, 2.75) is 99.1 Å². The van der Waals surface area contributed by atoms with Crippen molar-refractivity contribution < 1.29 is 23.9 Å². The molecule has 1 amide bonds. The van der Waals surface area contributed by atoms with Crippen molar-refractivity contribution >= 4 is 17.8 Å². The molecule has 0 unspecified atom stereocenters. The number of esters is 1. The van der Waals surface area contributed by atoms with Crippen LogP contribution < -0.4 is 0 Å². The summed E-state index contributed by atoms with van der Waals surface area (Å²) in [7, 11) is 1.29. The minimum absolute atomic E-state index is 0.131. The van der Waals surface area contributed by atoms with E-state index in [0.717, 1.165) is 11.1 Å². The first-order valence-electron chi connectivity index (χ1n) is 14.8. The second-order valence-corrected chi connectivity index (χ2v) is 12.1. The highest BCUT2D eigenvalue weighted by Gasteiger charge is 2.44. The maximum atomic E-state index is 14.4. The van der Waals surface area contributed by atoms with E-state index in [0.29, 0.717) is 19.5 Å². The Morgan fingerprint density at radius 1 is 0.732 bits per heavy atom. The fourth-order valence-electron chi connectivity index (χ4n) is 5.41. The van der Waals surface area contributed by atoms with Gasteiger partial charge >= 0.3 is 12.1 Å². The second kappa shape index (κ2) is 16.3. The minimum atomic E-state index is -1.18. The summed E-state index contributed by atoms with van der Waals surface area (Å²) in [6.07, 6.45) is -1.16. The number of rotatable bonds is 15. The number of ether oxygens (including phenoxy) is 2. The Kier molecular flexibility index (Phi) is 13.5. The lowest BCUT2D eigenvalue weighted by Gasteiger charge is -2.40. The molecular weight excluding hydrogens is 516 g/mol. The van der Waals surface area contributed by atoms with Crippen molar-refractivity contribution in [2.75, 3.05) is 7.11 Å². The van der Waals surface area contributed by atoms with E-state index < -0.39 is 35.9 Å². The van der Waals surface area contributed by atoms with Gasteiger partial charge in [-0.2, -0.15) is 0 Å². The molecule has 0 saturated carbocycles. The Morgan fingerprint density at radius 2 is 1.20 bits per heavy atom. The molecule has 0 N–H and O–H groups in total. The maximum Gasteiger partial charge on any atom is 0.411 e. The van der Waals surface area contributed by atoms with E-state index >= 15 is 0 Å². The highest BCUT2D eigenvalue weighted by molar-refractivity contribution is 6.02. The number of hydrogen-bond acceptors (Lipinski definition) is 6. The van der Waals surface area contributed by atoms with E-state index in [-0.39, 0.29) is 23.9 Å². The van der Waals surface area contributed by atoms with Crippen molar-refractivity contribution in [1.29, 1.82) is 0 Å². The summed E-state index contributed by atoms with van der Waals surface area (Å²) in [5.74, 6) is -2.25. The van der Waals surface area contributed by atoms with Crippen LogP contribution in [0.4, 0.5) is 4.79 Å². The quantitative estimate of drug-likeness (QED) is 0.176. The van der Waals surface area contributed by atoms with Gasteiger partial charge in [0.1, 0.15) is 5.92 Å². The summed E-state index contributed by atoms with van der Waals surface area (Å²) < 4.78 is 11.3. The minimum Gasteiger partial charge on any atom is -0.468 e. The number of nitrogens with zero attached hydrogens (tertiary/aromatic N) is 2. The predicted octanol–water partition coefficient (Wildman–Crippen LogP) is 6.74. The number of carbonyl (C=O) groups excluding carboxylic acids is 3. The van der Waals surface area contributed by atoms with Gasteiger partial charge in [0.05, 0.1) is 13.2 Å². The maximum absolute atomic E-state index is 14.4. The first-order valence-corrected chi connectivity index (χ1v) is 14.8. The Labute approximate surface area is 247 Å². The van der Waals surface area contributed by atoms with Crippen LogP contribution in [-0.4, -0.2) is 59.0 Å². The van der Waals surface area contributed by atoms with Gasteiger partial charge in [-0.15, -0.1) is 0 Å². The van der Waals surface area contributed by atoms with Crippen LogP contribution in [-0.2, 0) is 32.2 Å². The lowest BCUT2D eigenvalue weighted by Crippen LogP contribution is -2.54. The fraction of sp³-hybridized carbons (Fsp3) is 0.559. The van der Waals surface area contributed by atoms with E-state index in [2.05, 4.69) is 43.0 Å². The molecule has 7 heteroatoms. The SMILES string of the molecule is COC(=O)[C@H](C(=O)[C@@H](OC(=O)N(C(C)C)C(C)C)[C@H](CC(C)C)N(Cc1ccccc1)Cc1ccccc1)C(C)C. The van der Waals surface area contributed by atoms with Gasteiger partial charge in [0.25, 0.3) is 0 Å². The molecule has 3 atom stereocenters. The van der Waals surface area contributed by atoms with Crippen LogP contribution >= 0.6 is 0 Å². The van der Waals surface area contributed by atoms with Crippen LogP contribution in [0.25, 0.3) is 0 Å². The summed E-state index contributed by atoms with van der Waals surface area (Å²) in [6.45, 7) is 16.6. The molecule has 0 aliphatic rings. The summed E-state index contributed by atoms with van der Waals surface area (Å²) in [6, 6.07) is 19.4. The summed E-state index contributed by atoms with van der Waals surface area (Å²) >= 11 is 0. The van der Waals surface area contributed by atoms with Crippen LogP contribution in [0.5, 0.6) is 0 Å². The molecule has 0 heterocycles. The van der Waals surface area contributed by atoms with Crippen molar-refractivity contribution in [2.24, 2.45) is 17.8 Å². The highest BCUT2D eigenvalue weighted by atomic mass is 16.6. The van der Waals surface area contributed by atoms with Crippen molar-refractivity contribution in [3.8, 4) is 0 Å². The number of ketones is 1. The molecule has 0 bridgehead atoms. The Hall–Kier alpha value is -3.19. The monoisotopic (exact) mass is 566 g/mol. The average Bonchev–Trinajstić information content (AvgIpc) is 2.90. The molecule has 7 nitrogen and oxygen atoms in total. The summed E-state index contributed by atoms with van der Waals surface area (Å²) in [4.78, 5) is 44.9. The zero-order chi connectivity index (χ0) is 30.7. The molecule has 41 heavy (non-hydrogen) atoms. The van der Waals surface area contributed by atoms with Gasteiger partial charge in [0.2, 0.25) is 0 Å². The topological polar surface area (TPSA) is 76.2 Å². The van der Waals surface area contributed by atoms with Crippen LogP contribution in [0.1, 0.15) is 72.9 Å². The van der Waals surface area contributed by atoms with Gasteiger partial charge in [-0.05, 0) is 57.1 Å². The molecule has 0 saturated heterocycles. The van der Waals surface area contributed by atoms with Crippen molar-refractivity contribution in [3.05, 3.63) is 71.8 Å². The number of methoxy groups -OCH3 is 1. The van der Waals surface area contributed by atoms with Gasteiger partial charge in [0, 0.05) is 25.2 Å². The smallest absolute Gasteiger partial charge is 0.411 e. The summed E-state index contributed by atoms with van der Waals surface area (Å²) in [5.41, 5.74) is 2.16. The van der Waals surface area contributed by atoms with Crippen molar-refractivity contribution in [1.82, 2.24) is 9.80 Å². The molecule has 0 aliphatic carbocycles. The van der Waals surface area contributed by atoms with Crippen molar-refractivity contribution in [3.63, 3.8) is 0 Å². The van der Waals surface area contributed by atoms with E-state index in [1.807, 2.05) is 77.9 Å². The predicted molar refractivity (Wildman–Crippen MR) is 163 cm³/mol. The zero-order valence-corrected chi connectivity index (χ0v) is 26.4. The largest absolute Gasteiger partial charge is 0.468 e. The Bertz CT molecular complexity index is 1040. The third-order valence-corrected chi connectivity index (χ3v) is 7.25. The molecule has 2 rings (SSSR count). The molecule has 2 aromatic carbocycles. The third-order valence-electron chi connectivity index (χ3n) is 7.25. The van der Waals surface area contributed by atoms with E-state index in [9.17, 15) is 14.4 Å². The summed E-state index contributed by atoms with van der Waals surface area (Å²) in [5, 5.41) is 0. The van der Waals surface area contributed by atoms with Gasteiger partial charge in [-0.3, -0.25) is 14.5 Å². The highest BCUT2D eigenvalue weighted by Crippen LogP contribution is 2.28. The third kappa shape index (κ3) is 9.99. The molecule has 2 aromatic rings. The molecule has 0 spiro atoms. The Balaban J connectivity index is 2.70. The number of hydrogen-bond donors (Lipinski definition) is 0. The van der Waals surface area contributed by atoms with Gasteiger partial charge in [-0.1, -0.05) is 88.4 Å². The molecule has 226 valence electrons. The van der Waals surface area contributed by atoms with Gasteiger partial charge in [0.15, 0.2) is 11.9 Å². The second-order valence-electron chi connectivity index (χ2n) is 12.1. The van der Waals surface area contributed by atoms with Crippen LogP contribution in [0.15, 0.2) is 60.7 Å². The molecule has 0 radical (unpaired) electrons. The molecule has 0 aliphatic heterocycles. The van der Waals surface area contributed by atoms with E-state index in [1.165, 1.54) is 7.11 Å². The van der Waals surface area contributed by atoms with Crippen LogP contribution in [0, 0.1) is 17.8 Å². The van der Waals surface area contributed by atoms with E-state index in [1.54, 1.807) is 4.90 Å². The molecule has 0 fully saturated rings. The number of Topliss-reactive ketones (excluding diaryl/α,β-unsaturated/α-hetero) is 1. The van der Waals surface area contributed by atoms with Crippen LogP contribution in [0.2, 0.25) is 0 Å². The zero-order valence-electron chi connectivity index (χ0n) is 26.4. The lowest BCUT2D eigenvalue weighted by atomic mass is 9.84. The van der Waals surface area contributed by atoms with Gasteiger partial charge < -0.3 is 14.4 Å². The van der Waals surface area contributed by atoms with E-state index in [4.69, 9.17) is 9.47 Å². The lowest BCUT2D eigenvalue weighted by molar-refractivity contribution is -0.156. The average molecular weight is 567 g/mol.